The third kappa shape index (κ3) is 3.46. The van der Waals surface area contributed by atoms with E-state index in [1.807, 2.05) is 0 Å². The number of hydrogen-bond donors (Lipinski definition) is 0. The summed E-state index contributed by atoms with van der Waals surface area (Å²) in [6, 6.07) is 4.27. The Labute approximate surface area is 84.1 Å². The van der Waals surface area contributed by atoms with E-state index in [0.717, 1.165) is 6.07 Å². The van der Waals surface area contributed by atoms with Gasteiger partial charge in [-0.2, -0.15) is 5.26 Å². The molecule has 0 aliphatic carbocycles. The molecule has 1 heterocycles. The predicted octanol–water partition coefficient (Wildman–Crippen LogP) is 2.35. The maximum atomic E-state index is 11.9. The van der Waals surface area contributed by atoms with Gasteiger partial charge in [-0.05, 0) is 19.1 Å². The Hall–Kier alpha value is -1.77. The maximum absolute atomic E-state index is 11.9. The maximum Gasteiger partial charge on any atom is 0.573 e. The average molecular weight is 216 g/mol. The number of aromatic nitrogens is 1. The van der Waals surface area contributed by atoms with E-state index in [2.05, 4.69) is 9.72 Å². The number of pyridine rings is 1. The second kappa shape index (κ2) is 4.17. The van der Waals surface area contributed by atoms with Gasteiger partial charge in [-0.3, -0.25) is 4.98 Å². The van der Waals surface area contributed by atoms with E-state index in [1.54, 1.807) is 13.0 Å². The van der Waals surface area contributed by atoms with Crippen molar-refractivity contribution >= 4 is 0 Å². The van der Waals surface area contributed by atoms with Crippen LogP contribution in [0, 0.1) is 18.3 Å². The summed E-state index contributed by atoms with van der Waals surface area (Å²) in [6.07, 6.45) is -4.98. The van der Waals surface area contributed by atoms with Crippen LogP contribution in [-0.2, 0) is 6.42 Å². The molecule has 0 bridgehead atoms. The lowest BCUT2D eigenvalue weighted by atomic mass is 10.2. The van der Waals surface area contributed by atoms with E-state index in [9.17, 15) is 13.2 Å². The summed E-state index contributed by atoms with van der Waals surface area (Å²) < 4.78 is 39.5. The lowest BCUT2D eigenvalue weighted by Gasteiger charge is -2.11. The molecule has 0 unspecified atom stereocenters. The first-order valence-corrected chi connectivity index (χ1v) is 4.01. The van der Waals surface area contributed by atoms with Crippen LogP contribution < -0.4 is 4.74 Å². The van der Waals surface area contributed by atoms with Crippen molar-refractivity contribution in [2.75, 3.05) is 0 Å². The summed E-state index contributed by atoms with van der Waals surface area (Å²) in [5.41, 5.74) is 0.532. The number of alkyl halides is 3. The Morgan fingerprint density at radius 2 is 2.13 bits per heavy atom. The summed E-state index contributed by atoms with van der Waals surface area (Å²) in [5, 5.41) is 8.41. The molecular formula is C9H7F3N2O. The molecule has 15 heavy (non-hydrogen) atoms. The molecule has 0 aromatic carbocycles. The zero-order chi connectivity index (χ0) is 11.5. The van der Waals surface area contributed by atoms with Crippen LogP contribution in [0.25, 0.3) is 0 Å². The van der Waals surface area contributed by atoms with Crippen molar-refractivity contribution in [3.63, 3.8) is 0 Å². The number of nitrogens with zero attached hydrogens (tertiary/aromatic N) is 2. The van der Waals surface area contributed by atoms with Gasteiger partial charge < -0.3 is 4.74 Å². The van der Waals surface area contributed by atoms with Crippen LogP contribution in [0.15, 0.2) is 12.1 Å². The van der Waals surface area contributed by atoms with Crippen molar-refractivity contribution in [1.82, 2.24) is 4.98 Å². The molecule has 0 N–H and O–H groups in total. The van der Waals surface area contributed by atoms with E-state index < -0.39 is 12.1 Å². The molecule has 3 nitrogen and oxygen atoms in total. The van der Waals surface area contributed by atoms with Gasteiger partial charge in [0, 0.05) is 5.69 Å². The first-order chi connectivity index (χ1) is 6.92. The molecule has 1 rings (SSSR count). The van der Waals surface area contributed by atoms with Crippen molar-refractivity contribution in [2.45, 2.75) is 19.7 Å². The molecule has 0 radical (unpaired) electrons. The molecule has 0 fully saturated rings. The quantitative estimate of drug-likeness (QED) is 0.762. The summed E-state index contributed by atoms with van der Waals surface area (Å²) in [6.45, 7) is 1.62. The van der Waals surface area contributed by atoms with Crippen LogP contribution in [-0.4, -0.2) is 11.3 Å². The minimum atomic E-state index is -4.76. The zero-order valence-corrected chi connectivity index (χ0v) is 7.80. The molecule has 6 heteroatoms. The first kappa shape index (κ1) is 11.3. The third-order valence-electron chi connectivity index (χ3n) is 1.54. The predicted molar refractivity (Wildman–Crippen MR) is 45.0 cm³/mol. The molecule has 80 valence electrons. The van der Waals surface area contributed by atoms with E-state index >= 15 is 0 Å². The first-order valence-electron chi connectivity index (χ1n) is 4.01. The van der Waals surface area contributed by atoms with Crippen LogP contribution in [0.5, 0.6) is 5.75 Å². The monoisotopic (exact) mass is 216 g/mol. The van der Waals surface area contributed by atoms with Crippen molar-refractivity contribution in [3.05, 3.63) is 23.5 Å². The Kier molecular flexibility index (Phi) is 3.14. The molecule has 1 aromatic rings. The van der Waals surface area contributed by atoms with Gasteiger partial charge in [0.25, 0.3) is 0 Å². The second-order valence-electron chi connectivity index (χ2n) is 2.78. The largest absolute Gasteiger partial charge is 0.573 e. The molecule has 0 saturated heterocycles. The normalized spacial score (nSPS) is 10.9. The molecule has 0 atom stereocenters. The second-order valence-corrected chi connectivity index (χ2v) is 2.78. The fourth-order valence-electron chi connectivity index (χ4n) is 1.02. The van der Waals surface area contributed by atoms with E-state index in [-0.39, 0.29) is 12.1 Å². The van der Waals surface area contributed by atoms with E-state index in [1.165, 1.54) is 6.07 Å². The van der Waals surface area contributed by atoms with E-state index in [4.69, 9.17) is 5.26 Å². The molecule has 0 amide bonds. The topological polar surface area (TPSA) is 45.9 Å². The third-order valence-corrected chi connectivity index (χ3v) is 1.54. The van der Waals surface area contributed by atoms with Gasteiger partial charge in [0.2, 0.25) is 0 Å². The molecule has 0 aliphatic heterocycles. The summed E-state index contributed by atoms with van der Waals surface area (Å²) in [4.78, 5) is 3.80. The van der Waals surface area contributed by atoms with Crippen LogP contribution >= 0.6 is 0 Å². The van der Waals surface area contributed by atoms with Gasteiger partial charge in [-0.15, -0.1) is 13.2 Å². The van der Waals surface area contributed by atoms with E-state index in [0.29, 0.717) is 5.69 Å². The van der Waals surface area contributed by atoms with Gasteiger partial charge in [0.15, 0.2) is 5.75 Å². The van der Waals surface area contributed by atoms with Gasteiger partial charge in [0.05, 0.1) is 18.2 Å². The van der Waals surface area contributed by atoms with Crippen LogP contribution in [0.1, 0.15) is 11.4 Å². The lowest BCUT2D eigenvalue weighted by molar-refractivity contribution is -0.275. The van der Waals surface area contributed by atoms with Crippen molar-refractivity contribution in [3.8, 4) is 11.8 Å². The SMILES string of the molecule is Cc1ccc(OC(F)(F)F)c(CC#N)n1. The molecule has 1 aromatic heterocycles. The Balaban J connectivity index is 3.02. The summed E-state index contributed by atoms with van der Waals surface area (Å²) >= 11 is 0. The average Bonchev–Trinajstić information content (AvgIpc) is 2.08. The van der Waals surface area contributed by atoms with Gasteiger partial charge in [-0.25, -0.2) is 0 Å². The highest BCUT2D eigenvalue weighted by Gasteiger charge is 2.32. The molecule has 0 saturated carbocycles. The highest BCUT2D eigenvalue weighted by Crippen LogP contribution is 2.25. The number of halogens is 3. The fraction of sp³-hybridized carbons (Fsp3) is 0.333. The lowest BCUT2D eigenvalue weighted by Crippen LogP contribution is -2.18. The smallest absolute Gasteiger partial charge is 0.404 e. The Bertz CT molecular complexity index is 395. The van der Waals surface area contributed by atoms with Gasteiger partial charge >= 0.3 is 6.36 Å². The van der Waals surface area contributed by atoms with Crippen molar-refractivity contribution < 1.29 is 17.9 Å². The summed E-state index contributed by atoms with van der Waals surface area (Å²) in [5.74, 6) is -0.422. The number of nitriles is 1. The standard InChI is InChI=1S/C9H7F3N2O/c1-6-2-3-8(15-9(10,11)12)7(14-6)4-5-13/h2-3H,4H2,1H3. The zero-order valence-electron chi connectivity index (χ0n) is 7.80. The number of ether oxygens (including phenoxy) is 1. The minimum Gasteiger partial charge on any atom is -0.404 e. The molecule has 0 aliphatic rings. The van der Waals surface area contributed by atoms with Gasteiger partial charge in [0.1, 0.15) is 0 Å². The highest BCUT2D eigenvalue weighted by atomic mass is 19.4. The Morgan fingerprint density at radius 3 is 2.67 bits per heavy atom. The number of aryl methyl sites for hydroxylation is 1. The molecule has 0 spiro atoms. The van der Waals surface area contributed by atoms with Crippen LogP contribution in [0.4, 0.5) is 13.2 Å². The Morgan fingerprint density at radius 1 is 1.47 bits per heavy atom. The van der Waals surface area contributed by atoms with Crippen molar-refractivity contribution in [1.29, 1.82) is 5.26 Å². The van der Waals surface area contributed by atoms with Crippen molar-refractivity contribution in [2.24, 2.45) is 0 Å². The minimum absolute atomic E-state index is 0.00479. The van der Waals surface area contributed by atoms with Crippen LogP contribution in [0.2, 0.25) is 0 Å². The highest BCUT2D eigenvalue weighted by molar-refractivity contribution is 5.31. The fourth-order valence-corrected chi connectivity index (χ4v) is 1.02. The number of rotatable bonds is 2. The van der Waals surface area contributed by atoms with Gasteiger partial charge in [-0.1, -0.05) is 0 Å². The summed E-state index contributed by atoms with van der Waals surface area (Å²) in [7, 11) is 0. The molecular weight excluding hydrogens is 209 g/mol. The van der Waals surface area contributed by atoms with Crippen LogP contribution in [0.3, 0.4) is 0 Å². The number of hydrogen-bond acceptors (Lipinski definition) is 3.